The molecule has 0 aromatic heterocycles. The number of hydrogen-bond donors (Lipinski definition) is 0. The van der Waals surface area contributed by atoms with E-state index in [0.29, 0.717) is 18.4 Å². The van der Waals surface area contributed by atoms with Crippen LogP contribution in [0.25, 0.3) is 0 Å². The molecule has 166 valence electrons. The zero-order valence-corrected chi connectivity index (χ0v) is 19.2. The molecule has 1 aliphatic rings. The standard InChI is InChI=1S/C24H29NO5S/c1-16-5-9-22(10-6-16)31(28,29)25-13-11-20(12-14-25)24(27)30-19(4)23(26)21-8-7-17(2)18(3)15-21/h5-10,15,19-20H,11-14H2,1-4H3. The number of Topliss-reactive ketones (excluding diaryl/α,β-unsaturated/α-hetero) is 1. The summed E-state index contributed by atoms with van der Waals surface area (Å²) in [7, 11) is -3.58. The predicted octanol–water partition coefficient (Wildman–Crippen LogP) is 3.83. The van der Waals surface area contributed by atoms with Gasteiger partial charge in [-0.1, -0.05) is 29.8 Å². The normalized spacial score (nSPS) is 16.6. The van der Waals surface area contributed by atoms with Gasteiger partial charge >= 0.3 is 5.97 Å². The molecule has 1 unspecified atom stereocenters. The van der Waals surface area contributed by atoms with Gasteiger partial charge in [-0.3, -0.25) is 9.59 Å². The molecule has 0 radical (unpaired) electrons. The Bertz CT molecular complexity index is 1070. The Balaban J connectivity index is 1.57. The average Bonchev–Trinajstić information content (AvgIpc) is 2.75. The van der Waals surface area contributed by atoms with Crippen molar-refractivity contribution in [2.75, 3.05) is 13.1 Å². The number of rotatable bonds is 6. The Labute approximate surface area is 184 Å². The first kappa shape index (κ1) is 23.2. The molecule has 0 amide bonds. The first-order valence-electron chi connectivity index (χ1n) is 10.5. The largest absolute Gasteiger partial charge is 0.454 e. The maximum absolute atomic E-state index is 12.8. The topological polar surface area (TPSA) is 80.8 Å². The second-order valence-corrected chi connectivity index (χ2v) is 10.2. The summed E-state index contributed by atoms with van der Waals surface area (Å²) in [6, 6.07) is 12.2. The molecule has 6 nitrogen and oxygen atoms in total. The lowest BCUT2D eigenvalue weighted by molar-refractivity contribution is -0.152. The molecule has 1 fully saturated rings. The molecule has 2 aromatic rings. The number of ether oxygens (including phenoxy) is 1. The summed E-state index contributed by atoms with van der Waals surface area (Å²) in [6.45, 7) is 7.87. The fourth-order valence-corrected chi connectivity index (χ4v) is 5.11. The highest BCUT2D eigenvalue weighted by atomic mass is 32.2. The maximum Gasteiger partial charge on any atom is 0.309 e. The number of hydrogen-bond acceptors (Lipinski definition) is 5. The fraction of sp³-hybridized carbons (Fsp3) is 0.417. The van der Waals surface area contributed by atoms with Gasteiger partial charge in [-0.2, -0.15) is 4.31 Å². The van der Waals surface area contributed by atoms with Crippen LogP contribution in [0, 0.1) is 26.7 Å². The molecule has 3 rings (SSSR count). The van der Waals surface area contributed by atoms with Crippen LogP contribution < -0.4 is 0 Å². The molecular weight excluding hydrogens is 414 g/mol. The molecule has 0 N–H and O–H groups in total. The first-order valence-corrected chi connectivity index (χ1v) is 11.9. The lowest BCUT2D eigenvalue weighted by atomic mass is 9.98. The third kappa shape index (κ3) is 5.22. The molecule has 31 heavy (non-hydrogen) atoms. The highest BCUT2D eigenvalue weighted by Gasteiger charge is 2.34. The van der Waals surface area contributed by atoms with Crippen molar-refractivity contribution in [3.8, 4) is 0 Å². The summed E-state index contributed by atoms with van der Waals surface area (Å²) >= 11 is 0. The van der Waals surface area contributed by atoms with E-state index < -0.39 is 28.0 Å². The quantitative estimate of drug-likeness (QED) is 0.501. The highest BCUT2D eigenvalue weighted by molar-refractivity contribution is 7.89. The highest BCUT2D eigenvalue weighted by Crippen LogP contribution is 2.25. The van der Waals surface area contributed by atoms with Crippen molar-refractivity contribution in [3.63, 3.8) is 0 Å². The fourth-order valence-electron chi connectivity index (χ4n) is 3.64. The molecule has 1 saturated heterocycles. The summed E-state index contributed by atoms with van der Waals surface area (Å²) in [4.78, 5) is 25.5. The third-order valence-electron chi connectivity index (χ3n) is 5.90. The smallest absolute Gasteiger partial charge is 0.309 e. The van der Waals surface area contributed by atoms with Gasteiger partial charge in [-0.05, 0) is 69.9 Å². The van der Waals surface area contributed by atoms with Crippen molar-refractivity contribution in [2.45, 2.75) is 51.5 Å². The van der Waals surface area contributed by atoms with Crippen molar-refractivity contribution < 1.29 is 22.7 Å². The van der Waals surface area contributed by atoms with Crippen LogP contribution in [0.5, 0.6) is 0 Å². The van der Waals surface area contributed by atoms with Crippen molar-refractivity contribution in [3.05, 3.63) is 64.7 Å². The van der Waals surface area contributed by atoms with Crippen LogP contribution in [0.1, 0.15) is 46.8 Å². The second kappa shape index (κ2) is 9.32. The van der Waals surface area contributed by atoms with E-state index in [1.807, 2.05) is 26.8 Å². The lowest BCUT2D eigenvalue weighted by Crippen LogP contribution is -2.41. The second-order valence-electron chi connectivity index (χ2n) is 8.23. The molecule has 0 spiro atoms. The number of carbonyl (C=O) groups excluding carboxylic acids is 2. The Morgan fingerprint density at radius 3 is 2.16 bits per heavy atom. The predicted molar refractivity (Wildman–Crippen MR) is 118 cm³/mol. The van der Waals surface area contributed by atoms with Crippen molar-refractivity contribution >= 4 is 21.8 Å². The first-order chi connectivity index (χ1) is 14.6. The number of benzene rings is 2. The zero-order valence-electron chi connectivity index (χ0n) is 18.4. The van der Waals surface area contributed by atoms with Gasteiger partial charge in [0, 0.05) is 18.7 Å². The van der Waals surface area contributed by atoms with Gasteiger partial charge in [0.25, 0.3) is 0 Å². The number of esters is 1. The number of sulfonamides is 1. The van der Waals surface area contributed by atoms with Crippen molar-refractivity contribution in [1.29, 1.82) is 0 Å². The van der Waals surface area contributed by atoms with Gasteiger partial charge in [0.15, 0.2) is 6.10 Å². The monoisotopic (exact) mass is 443 g/mol. The summed E-state index contributed by atoms with van der Waals surface area (Å²) in [5.74, 6) is -1.10. The lowest BCUT2D eigenvalue weighted by Gasteiger charge is -2.30. The van der Waals surface area contributed by atoms with Crippen LogP contribution in [0.4, 0.5) is 0 Å². The maximum atomic E-state index is 12.8. The molecule has 7 heteroatoms. The number of aryl methyl sites for hydroxylation is 3. The number of carbonyl (C=O) groups is 2. The van der Waals surface area contributed by atoms with Crippen LogP contribution in [0.3, 0.4) is 0 Å². The van der Waals surface area contributed by atoms with Crippen LogP contribution in [-0.2, 0) is 19.6 Å². The molecule has 1 aliphatic heterocycles. The number of ketones is 1. The van der Waals surface area contributed by atoms with E-state index in [1.165, 1.54) is 4.31 Å². The summed E-state index contributed by atoms with van der Waals surface area (Å²) in [6.07, 6.45) is -0.146. The minimum atomic E-state index is -3.58. The van der Waals surface area contributed by atoms with E-state index in [4.69, 9.17) is 4.74 Å². The minimum absolute atomic E-state index is 0.240. The Morgan fingerprint density at radius 1 is 0.968 bits per heavy atom. The zero-order chi connectivity index (χ0) is 22.8. The van der Waals surface area contributed by atoms with Crippen molar-refractivity contribution in [2.24, 2.45) is 5.92 Å². The van der Waals surface area contributed by atoms with E-state index in [9.17, 15) is 18.0 Å². The van der Waals surface area contributed by atoms with Crippen molar-refractivity contribution in [1.82, 2.24) is 4.31 Å². The van der Waals surface area contributed by atoms with Gasteiger partial charge in [0.2, 0.25) is 15.8 Å². The summed E-state index contributed by atoms with van der Waals surface area (Å²) in [5.41, 5.74) is 3.60. The van der Waals surface area contributed by atoms with Crippen LogP contribution >= 0.6 is 0 Å². The number of nitrogens with zero attached hydrogens (tertiary/aromatic N) is 1. The van der Waals surface area contributed by atoms with E-state index in [1.54, 1.807) is 43.3 Å². The SMILES string of the molecule is Cc1ccc(S(=O)(=O)N2CCC(C(=O)OC(C)C(=O)c3ccc(C)c(C)c3)CC2)cc1. The van der Waals surface area contributed by atoms with Crippen LogP contribution in [0.2, 0.25) is 0 Å². The summed E-state index contributed by atoms with van der Waals surface area (Å²) < 4.78 is 32.5. The molecule has 2 aromatic carbocycles. The van der Waals surface area contributed by atoms with Gasteiger partial charge in [-0.15, -0.1) is 0 Å². The minimum Gasteiger partial charge on any atom is -0.454 e. The van der Waals surface area contributed by atoms with E-state index in [2.05, 4.69) is 0 Å². The molecule has 0 bridgehead atoms. The van der Waals surface area contributed by atoms with E-state index >= 15 is 0 Å². The van der Waals surface area contributed by atoms with Crippen LogP contribution in [0.15, 0.2) is 47.4 Å². The Kier molecular flexibility index (Phi) is 6.96. The van der Waals surface area contributed by atoms with Gasteiger partial charge in [0.05, 0.1) is 10.8 Å². The molecule has 0 saturated carbocycles. The molecule has 1 atom stereocenters. The average molecular weight is 444 g/mol. The molecule has 1 heterocycles. The molecule has 0 aliphatic carbocycles. The van der Waals surface area contributed by atoms with Gasteiger partial charge < -0.3 is 4.74 Å². The number of piperidine rings is 1. The van der Waals surface area contributed by atoms with Gasteiger partial charge in [0.1, 0.15) is 0 Å². The Hall–Kier alpha value is -2.51. The molecular formula is C24H29NO5S. The van der Waals surface area contributed by atoms with E-state index in [0.717, 1.165) is 16.7 Å². The Morgan fingerprint density at radius 2 is 1.58 bits per heavy atom. The van der Waals surface area contributed by atoms with E-state index in [-0.39, 0.29) is 23.8 Å². The van der Waals surface area contributed by atoms with Crippen LogP contribution in [-0.4, -0.2) is 43.7 Å². The summed E-state index contributed by atoms with van der Waals surface area (Å²) in [5, 5.41) is 0. The van der Waals surface area contributed by atoms with Gasteiger partial charge in [-0.25, -0.2) is 8.42 Å². The third-order valence-corrected chi connectivity index (χ3v) is 7.81.